The van der Waals surface area contributed by atoms with E-state index in [-0.39, 0.29) is 0 Å². The Balaban J connectivity index is 1.16. The van der Waals surface area contributed by atoms with Gasteiger partial charge in [0.25, 0.3) is 0 Å². The van der Waals surface area contributed by atoms with Crippen LogP contribution < -0.4 is 0 Å². The third kappa shape index (κ3) is 4.82. The van der Waals surface area contributed by atoms with Crippen molar-refractivity contribution in [2.24, 2.45) is 0 Å². The van der Waals surface area contributed by atoms with Crippen molar-refractivity contribution in [2.75, 3.05) is 0 Å². The first kappa shape index (κ1) is 34.2. The van der Waals surface area contributed by atoms with Gasteiger partial charge in [-0.2, -0.15) is 0 Å². The minimum Gasteiger partial charge on any atom is -0.309 e. The maximum absolute atomic E-state index is 5.64. The van der Waals surface area contributed by atoms with Crippen molar-refractivity contribution in [3.8, 4) is 28.5 Å². The first-order chi connectivity index (χ1) is 31.3. The molecule has 0 N–H and O–H groups in total. The van der Waals surface area contributed by atoms with Crippen molar-refractivity contribution in [1.82, 2.24) is 23.7 Å². The molecule has 0 saturated carbocycles. The van der Waals surface area contributed by atoms with Crippen molar-refractivity contribution in [2.45, 2.75) is 0 Å². The highest BCUT2D eigenvalue weighted by atomic mass is 15.1. The lowest BCUT2D eigenvalue weighted by Crippen LogP contribution is -2.04. The fraction of sp³-hybridized carbons (Fsp3) is 0. The number of rotatable bonds is 4. The van der Waals surface area contributed by atoms with E-state index < -0.39 is 0 Å². The Morgan fingerprint density at radius 2 is 0.841 bits per heavy atom. The number of nitrogens with zero attached hydrogens (tertiary/aromatic N) is 5. The molecule has 63 heavy (non-hydrogen) atoms. The lowest BCUT2D eigenvalue weighted by atomic mass is 10.0. The molecule has 0 fully saturated rings. The molecule has 14 aromatic rings. The van der Waals surface area contributed by atoms with Crippen LogP contribution in [0.5, 0.6) is 0 Å². The van der Waals surface area contributed by atoms with Gasteiger partial charge in [0.05, 0.1) is 49.8 Å². The maximum Gasteiger partial charge on any atom is 0.165 e. The van der Waals surface area contributed by atoms with Crippen molar-refractivity contribution >= 4 is 98.0 Å². The molecule has 292 valence electrons. The number of fused-ring (bicyclic) bond motifs is 12. The molecule has 10 aromatic carbocycles. The quantitative estimate of drug-likeness (QED) is 0.178. The van der Waals surface area contributed by atoms with Gasteiger partial charge in [-0.1, -0.05) is 146 Å². The van der Waals surface area contributed by atoms with Gasteiger partial charge in [0, 0.05) is 49.0 Å². The monoisotopic (exact) mass is 801 g/mol. The maximum atomic E-state index is 5.64. The summed E-state index contributed by atoms with van der Waals surface area (Å²) in [4.78, 5) is 11.2. The van der Waals surface area contributed by atoms with E-state index in [1.165, 1.54) is 48.7 Å². The molecule has 0 saturated heterocycles. The molecule has 0 amide bonds. The van der Waals surface area contributed by atoms with Crippen LogP contribution in [0.3, 0.4) is 0 Å². The van der Waals surface area contributed by atoms with E-state index in [9.17, 15) is 0 Å². The summed E-state index contributed by atoms with van der Waals surface area (Å²) in [5, 5.41) is 11.9. The first-order valence-electron chi connectivity index (χ1n) is 21.5. The second-order valence-corrected chi connectivity index (χ2v) is 16.5. The van der Waals surface area contributed by atoms with E-state index in [1.807, 2.05) is 0 Å². The number of hydrogen-bond donors (Lipinski definition) is 0. The molecule has 0 radical (unpaired) electrons. The van der Waals surface area contributed by atoms with E-state index in [0.29, 0.717) is 0 Å². The van der Waals surface area contributed by atoms with E-state index >= 15 is 0 Å². The zero-order chi connectivity index (χ0) is 41.2. The molecule has 5 nitrogen and oxygen atoms in total. The minimum absolute atomic E-state index is 0.790. The Hall–Kier alpha value is -8.54. The van der Waals surface area contributed by atoms with Crippen LogP contribution in [0.4, 0.5) is 0 Å². The summed E-state index contributed by atoms with van der Waals surface area (Å²) in [6.07, 6.45) is 0. The van der Waals surface area contributed by atoms with E-state index in [1.54, 1.807) is 0 Å². The summed E-state index contributed by atoms with van der Waals surface area (Å²) >= 11 is 0. The predicted molar refractivity (Wildman–Crippen MR) is 263 cm³/mol. The number of benzene rings is 10. The SMILES string of the molecule is c1ccc(-n2c3ccccc3c3c(-c4nc5ccccc5nc4-n4c5ccccc5c5c(-n6c7ccccc7c7cc8ccccc8cc76)c6ccccc6cc54)cccc32)cc1. The Kier molecular flexibility index (Phi) is 7.05. The first-order valence-corrected chi connectivity index (χ1v) is 21.5. The van der Waals surface area contributed by atoms with Gasteiger partial charge in [0.1, 0.15) is 5.69 Å². The van der Waals surface area contributed by atoms with Crippen LogP contribution in [-0.4, -0.2) is 23.7 Å². The van der Waals surface area contributed by atoms with Crippen LogP contribution in [-0.2, 0) is 0 Å². The normalized spacial score (nSPS) is 12.1. The molecule has 5 heteroatoms. The molecular formula is C58H35N5. The van der Waals surface area contributed by atoms with Gasteiger partial charge in [-0.3, -0.25) is 4.57 Å². The molecule has 0 atom stereocenters. The molecule has 0 aliphatic rings. The Morgan fingerprint density at radius 1 is 0.302 bits per heavy atom. The van der Waals surface area contributed by atoms with Crippen LogP contribution in [0.15, 0.2) is 212 Å². The summed E-state index contributed by atoms with van der Waals surface area (Å²) in [5.74, 6) is 0.790. The summed E-state index contributed by atoms with van der Waals surface area (Å²) in [5.41, 5.74) is 12.6. The summed E-state index contributed by atoms with van der Waals surface area (Å²) in [6.45, 7) is 0. The molecular weight excluding hydrogens is 767 g/mol. The minimum atomic E-state index is 0.790. The van der Waals surface area contributed by atoms with Gasteiger partial charge >= 0.3 is 0 Å². The van der Waals surface area contributed by atoms with Crippen LogP contribution in [0.1, 0.15) is 0 Å². The zero-order valence-electron chi connectivity index (χ0n) is 33.9. The molecule has 0 bridgehead atoms. The Labute approximate surface area is 360 Å². The second kappa shape index (κ2) is 13.0. The molecule has 0 aliphatic heterocycles. The van der Waals surface area contributed by atoms with Crippen molar-refractivity contribution in [3.63, 3.8) is 0 Å². The van der Waals surface area contributed by atoms with Gasteiger partial charge < -0.3 is 9.13 Å². The number of hydrogen-bond acceptors (Lipinski definition) is 2. The van der Waals surface area contributed by atoms with E-state index in [0.717, 1.165) is 77.7 Å². The fourth-order valence-corrected chi connectivity index (χ4v) is 10.5. The van der Waals surface area contributed by atoms with Crippen LogP contribution in [0.25, 0.3) is 126 Å². The third-order valence-electron chi connectivity index (χ3n) is 13.2. The topological polar surface area (TPSA) is 40.6 Å². The fourth-order valence-electron chi connectivity index (χ4n) is 10.5. The molecule has 14 rings (SSSR count). The van der Waals surface area contributed by atoms with Crippen LogP contribution in [0, 0.1) is 0 Å². The van der Waals surface area contributed by atoms with Crippen LogP contribution >= 0.6 is 0 Å². The summed E-state index contributed by atoms with van der Waals surface area (Å²) in [6, 6.07) is 76.6. The average Bonchev–Trinajstić information content (AvgIpc) is 3.97. The third-order valence-corrected chi connectivity index (χ3v) is 13.2. The molecule has 0 aliphatic carbocycles. The zero-order valence-corrected chi connectivity index (χ0v) is 33.9. The Morgan fingerprint density at radius 3 is 1.60 bits per heavy atom. The Bertz CT molecular complexity index is 4210. The van der Waals surface area contributed by atoms with Crippen molar-refractivity contribution < 1.29 is 0 Å². The summed E-state index contributed by atoms with van der Waals surface area (Å²) < 4.78 is 7.27. The number of aromatic nitrogens is 5. The smallest absolute Gasteiger partial charge is 0.165 e. The molecule has 4 heterocycles. The second-order valence-electron chi connectivity index (χ2n) is 16.5. The standard InChI is InChI=1S/C58H35N5/c1-2-20-39(21-3-1)61-49-30-14-9-24-42(49)54-44(26-16-32-51(54)61)56-58(60-47-28-12-11-27-46(47)59-56)63-50-31-15-10-25-43(50)55-53(63)35-38-19-6-7-22-40(38)57(55)62-48-29-13-8-23-41(48)45-33-36-17-4-5-18-37(36)34-52(45)62/h1-35H. The van der Waals surface area contributed by atoms with Gasteiger partial charge in [-0.15, -0.1) is 0 Å². The molecule has 0 spiro atoms. The average molecular weight is 802 g/mol. The highest BCUT2D eigenvalue weighted by Gasteiger charge is 2.26. The van der Waals surface area contributed by atoms with Crippen molar-refractivity contribution in [3.05, 3.63) is 212 Å². The molecule has 0 unspecified atom stereocenters. The van der Waals surface area contributed by atoms with Gasteiger partial charge in [0.15, 0.2) is 5.82 Å². The van der Waals surface area contributed by atoms with Gasteiger partial charge in [-0.05, 0) is 82.9 Å². The van der Waals surface area contributed by atoms with E-state index in [4.69, 9.17) is 9.97 Å². The van der Waals surface area contributed by atoms with Crippen molar-refractivity contribution in [1.29, 1.82) is 0 Å². The lowest BCUT2D eigenvalue weighted by Gasteiger charge is -2.17. The van der Waals surface area contributed by atoms with E-state index in [2.05, 4.69) is 226 Å². The summed E-state index contributed by atoms with van der Waals surface area (Å²) in [7, 11) is 0. The predicted octanol–water partition coefficient (Wildman–Crippen LogP) is 14.9. The van der Waals surface area contributed by atoms with Gasteiger partial charge in [-0.25, -0.2) is 9.97 Å². The van der Waals surface area contributed by atoms with Crippen LogP contribution in [0.2, 0.25) is 0 Å². The highest BCUT2D eigenvalue weighted by Crippen LogP contribution is 2.46. The number of para-hydroxylation sites is 6. The highest BCUT2D eigenvalue weighted by molar-refractivity contribution is 6.23. The largest absolute Gasteiger partial charge is 0.309 e. The van der Waals surface area contributed by atoms with Gasteiger partial charge in [0.2, 0.25) is 0 Å². The molecule has 4 aromatic heterocycles. The lowest BCUT2D eigenvalue weighted by molar-refractivity contribution is 1.08.